The van der Waals surface area contributed by atoms with E-state index in [-0.39, 0.29) is 34.8 Å². The molecule has 0 spiro atoms. The molecule has 1 fully saturated rings. The van der Waals surface area contributed by atoms with E-state index in [1.54, 1.807) is 23.1 Å². The first kappa shape index (κ1) is 20.6. The topological polar surface area (TPSA) is 83.6 Å². The van der Waals surface area contributed by atoms with Crippen molar-refractivity contribution in [3.8, 4) is 0 Å². The minimum atomic E-state index is -3.59. The standard InChI is InChI=1S/C23H26N2O4S/c1-15-4-3-5-20(16(15)2)24-22(26)11-13-30(28,29)19-8-9-21-18(14-19)10-12-25(21)23(27)17-6-7-17/h3-5,8-9,14,17H,6-7,10-13H2,1-2H3,(H,24,26). The number of hydrogen-bond donors (Lipinski definition) is 1. The second-order valence-corrected chi connectivity index (χ2v) is 10.3. The van der Waals surface area contributed by atoms with Crippen LogP contribution in [0.3, 0.4) is 0 Å². The SMILES string of the molecule is Cc1cccc(NC(=O)CCS(=O)(=O)c2ccc3c(c2)CCN3C(=O)C2CC2)c1C. The van der Waals surface area contributed by atoms with E-state index in [0.29, 0.717) is 18.7 Å². The Balaban J connectivity index is 1.42. The zero-order valence-corrected chi connectivity index (χ0v) is 18.1. The van der Waals surface area contributed by atoms with Crippen molar-refractivity contribution < 1.29 is 18.0 Å². The molecule has 158 valence electrons. The summed E-state index contributed by atoms with van der Waals surface area (Å²) < 4.78 is 25.6. The highest BCUT2D eigenvalue weighted by Gasteiger charge is 2.36. The number of amides is 2. The van der Waals surface area contributed by atoms with E-state index in [9.17, 15) is 18.0 Å². The Bertz CT molecular complexity index is 1120. The van der Waals surface area contributed by atoms with Gasteiger partial charge in [0, 0.05) is 30.3 Å². The summed E-state index contributed by atoms with van der Waals surface area (Å²) in [6.07, 6.45) is 2.44. The lowest BCUT2D eigenvalue weighted by Gasteiger charge is -2.17. The first-order valence-electron chi connectivity index (χ1n) is 10.3. The molecule has 2 aliphatic rings. The summed E-state index contributed by atoms with van der Waals surface area (Å²) >= 11 is 0. The van der Waals surface area contributed by atoms with Crippen molar-refractivity contribution in [2.24, 2.45) is 5.92 Å². The van der Waals surface area contributed by atoms with Crippen molar-refractivity contribution in [3.05, 3.63) is 53.1 Å². The van der Waals surface area contributed by atoms with Crippen molar-refractivity contribution >= 4 is 33.0 Å². The molecule has 2 amide bonds. The summed E-state index contributed by atoms with van der Waals surface area (Å²) in [6, 6.07) is 10.6. The summed E-state index contributed by atoms with van der Waals surface area (Å²) in [5, 5.41) is 2.80. The van der Waals surface area contributed by atoms with Crippen molar-refractivity contribution in [3.63, 3.8) is 0 Å². The molecule has 4 rings (SSSR count). The average molecular weight is 427 g/mol. The molecule has 0 saturated heterocycles. The van der Waals surface area contributed by atoms with Crippen molar-refractivity contribution in [1.82, 2.24) is 0 Å². The number of nitrogens with zero attached hydrogens (tertiary/aromatic N) is 1. The van der Waals surface area contributed by atoms with Crippen molar-refractivity contribution in [2.45, 2.75) is 44.4 Å². The molecule has 2 aromatic rings. The van der Waals surface area contributed by atoms with Crippen LogP contribution < -0.4 is 10.2 Å². The van der Waals surface area contributed by atoms with Crippen LogP contribution in [0.1, 0.15) is 36.0 Å². The zero-order chi connectivity index (χ0) is 21.5. The molecule has 0 radical (unpaired) electrons. The Labute approximate surface area is 177 Å². The summed E-state index contributed by atoms with van der Waals surface area (Å²) in [5.74, 6) is -0.301. The van der Waals surface area contributed by atoms with Gasteiger partial charge in [0.15, 0.2) is 9.84 Å². The van der Waals surface area contributed by atoms with Gasteiger partial charge in [-0.15, -0.1) is 0 Å². The second kappa shape index (κ2) is 7.87. The molecule has 1 saturated carbocycles. The summed E-state index contributed by atoms with van der Waals surface area (Å²) in [4.78, 5) is 26.7. The van der Waals surface area contributed by atoms with Gasteiger partial charge in [-0.25, -0.2) is 8.42 Å². The molecule has 6 nitrogen and oxygen atoms in total. The van der Waals surface area contributed by atoms with Crippen LogP contribution in [0.25, 0.3) is 0 Å². The Hall–Kier alpha value is -2.67. The summed E-state index contributed by atoms with van der Waals surface area (Å²) in [7, 11) is -3.59. The second-order valence-electron chi connectivity index (χ2n) is 8.17. The monoisotopic (exact) mass is 426 g/mol. The number of anilines is 2. The Morgan fingerprint density at radius 1 is 1.13 bits per heavy atom. The molecule has 1 N–H and O–H groups in total. The Morgan fingerprint density at radius 2 is 1.90 bits per heavy atom. The smallest absolute Gasteiger partial charge is 0.230 e. The van der Waals surface area contributed by atoms with Crippen LogP contribution >= 0.6 is 0 Å². The lowest BCUT2D eigenvalue weighted by Crippen LogP contribution is -2.30. The van der Waals surface area contributed by atoms with E-state index in [1.165, 1.54) is 0 Å². The van der Waals surface area contributed by atoms with E-state index in [2.05, 4.69) is 5.32 Å². The summed E-state index contributed by atoms with van der Waals surface area (Å²) in [6.45, 7) is 4.48. The summed E-state index contributed by atoms with van der Waals surface area (Å²) in [5.41, 5.74) is 4.43. The normalized spacial score (nSPS) is 15.7. The van der Waals surface area contributed by atoms with Crippen LogP contribution in [0.2, 0.25) is 0 Å². The average Bonchev–Trinajstić information content (AvgIpc) is 3.48. The number of rotatable bonds is 6. The predicted octanol–water partition coefficient (Wildman–Crippen LogP) is 3.41. The fourth-order valence-corrected chi connectivity index (χ4v) is 5.08. The quantitative estimate of drug-likeness (QED) is 0.767. The molecular formula is C23H26N2O4S. The van der Waals surface area contributed by atoms with E-state index in [1.807, 2.05) is 32.0 Å². The van der Waals surface area contributed by atoms with Crippen LogP contribution in [-0.2, 0) is 25.8 Å². The van der Waals surface area contributed by atoms with Gasteiger partial charge in [-0.3, -0.25) is 9.59 Å². The van der Waals surface area contributed by atoms with Crippen LogP contribution in [-0.4, -0.2) is 32.5 Å². The zero-order valence-electron chi connectivity index (χ0n) is 17.3. The third-order valence-electron chi connectivity index (χ3n) is 5.97. The van der Waals surface area contributed by atoms with Gasteiger partial charge >= 0.3 is 0 Å². The van der Waals surface area contributed by atoms with Gasteiger partial charge in [0.05, 0.1) is 10.6 Å². The molecule has 0 aromatic heterocycles. The van der Waals surface area contributed by atoms with Crippen LogP contribution in [0, 0.1) is 19.8 Å². The van der Waals surface area contributed by atoms with Gasteiger partial charge in [-0.1, -0.05) is 12.1 Å². The van der Waals surface area contributed by atoms with Crippen molar-refractivity contribution in [2.75, 3.05) is 22.5 Å². The molecule has 0 unspecified atom stereocenters. The largest absolute Gasteiger partial charge is 0.326 e. The van der Waals surface area contributed by atoms with Crippen LogP contribution in [0.15, 0.2) is 41.3 Å². The maximum atomic E-state index is 12.8. The van der Waals surface area contributed by atoms with Gasteiger partial charge in [-0.2, -0.15) is 0 Å². The number of fused-ring (bicyclic) bond motifs is 1. The molecular weight excluding hydrogens is 400 g/mol. The minimum Gasteiger partial charge on any atom is -0.326 e. The third-order valence-corrected chi connectivity index (χ3v) is 7.69. The van der Waals surface area contributed by atoms with Crippen LogP contribution in [0.5, 0.6) is 0 Å². The molecule has 0 bridgehead atoms. The molecule has 1 aliphatic heterocycles. The van der Waals surface area contributed by atoms with E-state index in [4.69, 9.17) is 0 Å². The molecule has 0 atom stereocenters. The fourth-order valence-electron chi connectivity index (χ4n) is 3.80. The van der Waals surface area contributed by atoms with Crippen molar-refractivity contribution in [1.29, 1.82) is 0 Å². The number of benzene rings is 2. The highest BCUT2D eigenvalue weighted by Crippen LogP contribution is 2.37. The number of carbonyl (C=O) groups excluding carboxylic acids is 2. The van der Waals surface area contributed by atoms with Gasteiger partial charge < -0.3 is 10.2 Å². The number of sulfone groups is 1. The predicted molar refractivity (Wildman–Crippen MR) is 116 cm³/mol. The molecule has 1 aliphatic carbocycles. The third kappa shape index (κ3) is 4.12. The van der Waals surface area contributed by atoms with E-state index in [0.717, 1.165) is 35.2 Å². The highest BCUT2D eigenvalue weighted by molar-refractivity contribution is 7.91. The number of nitrogens with one attached hydrogen (secondary N) is 1. The lowest BCUT2D eigenvalue weighted by atomic mass is 10.1. The lowest BCUT2D eigenvalue weighted by molar-refractivity contribution is -0.119. The fraction of sp³-hybridized carbons (Fsp3) is 0.391. The maximum absolute atomic E-state index is 12.8. The number of hydrogen-bond acceptors (Lipinski definition) is 4. The van der Waals surface area contributed by atoms with Gasteiger partial charge in [-0.05, 0) is 74.1 Å². The minimum absolute atomic E-state index is 0.112. The number of carbonyl (C=O) groups is 2. The molecule has 2 aromatic carbocycles. The van der Waals surface area contributed by atoms with E-state index < -0.39 is 9.84 Å². The Morgan fingerprint density at radius 3 is 2.63 bits per heavy atom. The Kier molecular flexibility index (Phi) is 5.40. The van der Waals surface area contributed by atoms with Crippen LogP contribution in [0.4, 0.5) is 11.4 Å². The molecule has 7 heteroatoms. The van der Waals surface area contributed by atoms with Gasteiger partial charge in [0.1, 0.15) is 0 Å². The molecule has 30 heavy (non-hydrogen) atoms. The highest BCUT2D eigenvalue weighted by atomic mass is 32.2. The number of aryl methyl sites for hydroxylation is 1. The first-order chi connectivity index (χ1) is 14.3. The van der Waals surface area contributed by atoms with E-state index >= 15 is 0 Å². The van der Waals surface area contributed by atoms with Gasteiger partial charge in [0.25, 0.3) is 0 Å². The van der Waals surface area contributed by atoms with Gasteiger partial charge in [0.2, 0.25) is 11.8 Å². The molecule has 1 heterocycles. The first-order valence-corrected chi connectivity index (χ1v) is 11.9. The maximum Gasteiger partial charge on any atom is 0.230 e.